The highest BCUT2D eigenvalue weighted by Crippen LogP contribution is 2.34. The van der Waals surface area contributed by atoms with Crippen molar-refractivity contribution in [2.24, 2.45) is 0 Å². The monoisotopic (exact) mass is 362 g/mol. The zero-order valence-electron chi connectivity index (χ0n) is 14.7. The minimum Gasteiger partial charge on any atom is -0.454 e. The van der Waals surface area contributed by atoms with Crippen molar-refractivity contribution >= 4 is 17.5 Å². The van der Waals surface area contributed by atoms with E-state index in [1.807, 2.05) is 43.3 Å². The molecule has 7 nitrogen and oxygen atoms in total. The van der Waals surface area contributed by atoms with Gasteiger partial charge in [-0.25, -0.2) is 9.97 Å². The number of anilines is 2. The summed E-state index contributed by atoms with van der Waals surface area (Å²) in [5, 5.41) is 5.94. The number of hydrogen-bond donors (Lipinski definition) is 2. The Balaban J connectivity index is 1.42. The maximum Gasteiger partial charge on any atom is 0.270 e. The second-order valence-corrected chi connectivity index (χ2v) is 6.13. The van der Waals surface area contributed by atoms with E-state index in [4.69, 9.17) is 9.47 Å². The van der Waals surface area contributed by atoms with Crippen LogP contribution in [0.5, 0.6) is 11.5 Å². The Labute approximate surface area is 156 Å². The number of fused-ring (bicyclic) bond motifs is 1. The molecule has 0 atom stereocenters. The van der Waals surface area contributed by atoms with Gasteiger partial charge in [-0.05, 0) is 30.7 Å². The molecule has 0 radical (unpaired) electrons. The van der Waals surface area contributed by atoms with Crippen molar-refractivity contribution < 1.29 is 14.3 Å². The topological polar surface area (TPSA) is 85.4 Å². The summed E-state index contributed by atoms with van der Waals surface area (Å²) in [6.45, 7) is 2.68. The fourth-order valence-electron chi connectivity index (χ4n) is 2.63. The van der Waals surface area contributed by atoms with E-state index in [-0.39, 0.29) is 12.7 Å². The molecule has 3 aromatic rings. The molecular weight excluding hydrogens is 344 g/mol. The van der Waals surface area contributed by atoms with E-state index >= 15 is 0 Å². The number of carbonyl (C=O) groups excluding carboxylic acids is 1. The summed E-state index contributed by atoms with van der Waals surface area (Å²) in [6, 6.07) is 15.0. The van der Waals surface area contributed by atoms with Crippen molar-refractivity contribution in [3.63, 3.8) is 0 Å². The van der Waals surface area contributed by atoms with Gasteiger partial charge in [0.1, 0.15) is 5.69 Å². The van der Waals surface area contributed by atoms with Gasteiger partial charge >= 0.3 is 0 Å². The summed E-state index contributed by atoms with van der Waals surface area (Å²) >= 11 is 0. The van der Waals surface area contributed by atoms with Crippen LogP contribution in [0.25, 0.3) is 0 Å². The number of amides is 1. The molecule has 0 fully saturated rings. The Morgan fingerprint density at radius 2 is 1.89 bits per heavy atom. The Kier molecular flexibility index (Phi) is 4.57. The van der Waals surface area contributed by atoms with Gasteiger partial charge in [0.05, 0.1) is 0 Å². The first-order chi connectivity index (χ1) is 13.2. The third-order valence-electron chi connectivity index (χ3n) is 4.09. The van der Waals surface area contributed by atoms with Gasteiger partial charge in [-0.1, -0.05) is 29.8 Å². The highest BCUT2D eigenvalue weighted by Gasteiger charge is 2.14. The molecule has 1 amide bonds. The number of hydrogen-bond acceptors (Lipinski definition) is 6. The molecule has 1 aliphatic rings. The SMILES string of the molecule is Cc1ccc(CNC(=O)c2ccnc(Nc3ccc4c(c3)OCO4)n2)cc1. The number of benzene rings is 2. The van der Waals surface area contributed by atoms with Gasteiger partial charge in [0, 0.05) is 24.5 Å². The number of nitrogens with one attached hydrogen (secondary N) is 2. The molecule has 0 spiro atoms. The molecule has 1 aromatic heterocycles. The van der Waals surface area contributed by atoms with Crippen molar-refractivity contribution in [2.45, 2.75) is 13.5 Å². The minimum atomic E-state index is -0.258. The van der Waals surface area contributed by atoms with Crippen molar-refractivity contribution in [1.29, 1.82) is 0 Å². The predicted molar refractivity (Wildman–Crippen MR) is 100 cm³/mol. The van der Waals surface area contributed by atoms with Crippen LogP contribution in [0, 0.1) is 6.92 Å². The summed E-state index contributed by atoms with van der Waals surface area (Å²) < 4.78 is 10.6. The maximum atomic E-state index is 12.4. The van der Waals surface area contributed by atoms with Crippen molar-refractivity contribution in [1.82, 2.24) is 15.3 Å². The smallest absolute Gasteiger partial charge is 0.270 e. The Morgan fingerprint density at radius 1 is 1.07 bits per heavy atom. The third-order valence-corrected chi connectivity index (χ3v) is 4.09. The molecule has 7 heteroatoms. The third kappa shape index (κ3) is 3.98. The molecule has 27 heavy (non-hydrogen) atoms. The number of carbonyl (C=O) groups is 1. The van der Waals surface area contributed by atoms with Crippen LogP contribution in [-0.4, -0.2) is 22.7 Å². The van der Waals surface area contributed by atoms with Crippen LogP contribution in [-0.2, 0) is 6.54 Å². The zero-order valence-corrected chi connectivity index (χ0v) is 14.7. The van der Waals surface area contributed by atoms with E-state index < -0.39 is 0 Å². The summed E-state index contributed by atoms with van der Waals surface area (Å²) in [5.41, 5.74) is 3.25. The highest BCUT2D eigenvalue weighted by molar-refractivity contribution is 5.92. The maximum absolute atomic E-state index is 12.4. The lowest BCUT2D eigenvalue weighted by molar-refractivity contribution is 0.0946. The van der Waals surface area contributed by atoms with E-state index in [0.717, 1.165) is 11.3 Å². The summed E-state index contributed by atoms with van der Waals surface area (Å²) in [4.78, 5) is 20.8. The molecule has 0 saturated heterocycles. The van der Waals surface area contributed by atoms with E-state index in [9.17, 15) is 4.79 Å². The van der Waals surface area contributed by atoms with Gasteiger partial charge in [0.2, 0.25) is 12.7 Å². The van der Waals surface area contributed by atoms with Crippen molar-refractivity contribution in [2.75, 3.05) is 12.1 Å². The quantitative estimate of drug-likeness (QED) is 0.725. The molecule has 0 aliphatic carbocycles. The average Bonchev–Trinajstić information content (AvgIpc) is 3.15. The van der Waals surface area contributed by atoms with Crippen LogP contribution in [0.2, 0.25) is 0 Å². The second kappa shape index (κ2) is 7.33. The molecule has 136 valence electrons. The molecule has 2 N–H and O–H groups in total. The minimum absolute atomic E-state index is 0.214. The van der Waals surface area contributed by atoms with E-state index in [1.165, 1.54) is 5.56 Å². The van der Waals surface area contributed by atoms with E-state index in [2.05, 4.69) is 20.6 Å². The number of aryl methyl sites for hydroxylation is 1. The number of ether oxygens (including phenoxy) is 2. The van der Waals surface area contributed by atoms with Gasteiger partial charge in [0.15, 0.2) is 11.5 Å². The van der Waals surface area contributed by atoms with Gasteiger partial charge in [-0.2, -0.15) is 0 Å². The van der Waals surface area contributed by atoms with Crippen LogP contribution in [0.1, 0.15) is 21.6 Å². The van der Waals surface area contributed by atoms with E-state index in [1.54, 1.807) is 18.3 Å². The molecule has 4 rings (SSSR count). The van der Waals surface area contributed by atoms with Crippen molar-refractivity contribution in [3.05, 3.63) is 71.5 Å². The van der Waals surface area contributed by atoms with E-state index in [0.29, 0.717) is 29.7 Å². The fourth-order valence-corrected chi connectivity index (χ4v) is 2.63. The fraction of sp³-hybridized carbons (Fsp3) is 0.150. The van der Waals surface area contributed by atoms with Crippen LogP contribution >= 0.6 is 0 Å². The first-order valence-corrected chi connectivity index (χ1v) is 8.51. The first kappa shape index (κ1) is 16.8. The van der Waals surface area contributed by atoms with Crippen molar-refractivity contribution in [3.8, 4) is 11.5 Å². The molecule has 1 aliphatic heterocycles. The largest absolute Gasteiger partial charge is 0.454 e. The summed E-state index contributed by atoms with van der Waals surface area (Å²) in [5.74, 6) is 1.43. The highest BCUT2D eigenvalue weighted by atomic mass is 16.7. The lowest BCUT2D eigenvalue weighted by atomic mass is 10.1. The zero-order chi connectivity index (χ0) is 18.6. The lowest BCUT2D eigenvalue weighted by Gasteiger charge is -2.08. The van der Waals surface area contributed by atoms with Crippen LogP contribution in [0.4, 0.5) is 11.6 Å². The van der Waals surface area contributed by atoms with Gasteiger partial charge < -0.3 is 20.1 Å². The van der Waals surface area contributed by atoms with Crippen LogP contribution in [0.15, 0.2) is 54.7 Å². The Bertz CT molecular complexity index is 973. The summed E-state index contributed by atoms with van der Waals surface area (Å²) in [6.07, 6.45) is 1.54. The van der Waals surface area contributed by atoms with Crippen LogP contribution < -0.4 is 20.1 Å². The predicted octanol–water partition coefficient (Wildman–Crippen LogP) is 3.19. The average molecular weight is 362 g/mol. The Hall–Kier alpha value is -3.61. The number of nitrogens with zero attached hydrogens (tertiary/aromatic N) is 2. The number of rotatable bonds is 5. The lowest BCUT2D eigenvalue weighted by Crippen LogP contribution is -2.24. The van der Waals surface area contributed by atoms with Gasteiger partial charge in [-0.3, -0.25) is 4.79 Å². The standard InChI is InChI=1S/C20H18N4O3/c1-13-2-4-14(5-3-13)11-22-19(25)16-8-9-21-20(24-16)23-15-6-7-17-18(10-15)27-12-26-17/h2-10H,11-12H2,1H3,(H,22,25)(H,21,23,24). The molecule has 0 saturated carbocycles. The second-order valence-electron chi connectivity index (χ2n) is 6.13. The molecule has 2 heterocycles. The number of aromatic nitrogens is 2. The van der Waals surface area contributed by atoms with Gasteiger partial charge in [-0.15, -0.1) is 0 Å². The molecular formula is C20H18N4O3. The molecule has 2 aromatic carbocycles. The first-order valence-electron chi connectivity index (χ1n) is 8.51. The normalized spacial score (nSPS) is 11.9. The van der Waals surface area contributed by atoms with Gasteiger partial charge in [0.25, 0.3) is 5.91 Å². The summed E-state index contributed by atoms with van der Waals surface area (Å²) in [7, 11) is 0. The Morgan fingerprint density at radius 3 is 2.74 bits per heavy atom. The molecule has 0 unspecified atom stereocenters. The molecule has 0 bridgehead atoms. The van der Waals surface area contributed by atoms with Crippen LogP contribution in [0.3, 0.4) is 0 Å².